The number of likely N-dealkylation sites (tertiary alicyclic amines) is 2. The Morgan fingerprint density at radius 2 is 1.82 bits per heavy atom. The maximum Gasteiger partial charge on any atom is 0.254 e. The van der Waals surface area contributed by atoms with E-state index in [-0.39, 0.29) is 29.7 Å². The summed E-state index contributed by atoms with van der Waals surface area (Å²) in [6.45, 7) is 5.49. The van der Waals surface area contributed by atoms with Crippen molar-refractivity contribution >= 4 is 23.6 Å². The normalized spacial score (nSPS) is 23.5. The van der Waals surface area contributed by atoms with Crippen molar-refractivity contribution in [2.75, 3.05) is 39.3 Å². The molecular formula is C24H33N5O4. The molecule has 33 heavy (non-hydrogen) atoms. The van der Waals surface area contributed by atoms with Gasteiger partial charge in [-0.3, -0.25) is 19.2 Å². The molecule has 0 bridgehead atoms. The molecule has 3 aliphatic heterocycles. The summed E-state index contributed by atoms with van der Waals surface area (Å²) in [4.78, 5) is 55.5. The quantitative estimate of drug-likeness (QED) is 0.667. The van der Waals surface area contributed by atoms with Crippen LogP contribution in [-0.4, -0.2) is 89.7 Å². The highest BCUT2D eigenvalue weighted by molar-refractivity contribution is 5.98. The number of nitrogens with zero attached hydrogens (tertiary/aromatic N) is 3. The second-order valence-corrected chi connectivity index (χ2v) is 9.11. The first kappa shape index (κ1) is 23.2. The van der Waals surface area contributed by atoms with Crippen molar-refractivity contribution in [3.63, 3.8) is 0 Å². The van der Waals surface area contributed by atoms with Gasteiger partial charge in [-0.2, -0.15) is 0 Å². The predicted octanol–water partition coefficient (Wildman–Crippen LogP) is 0.350. The van der Waals surface area contributed by atoms with Gasteiger partial charge in [0.15, 0.2) is 0 Å². The van der Waals surface area contributed by atoms with Gasteiger partial charge in [0, 0.05) is 57.8 Å². The maximum atomic E-state index is 13.4. The number of nitrogens with one attached hydrogen (secondary N) is 2. The van der Waals surface area contributed by atoms with E-state index < -0.39 is 6.04 Å². The van der Waals surface area contributed by atoms with Crippen molar-refractivity contribution < 1.29 is 19.2 Å². The molecule has 1 aromatic carbocycles. The average molecular weight is 456 g/mol. The van der Waals surface area contributed by atoms with Crippen LogP contribution in [-0.2, 0) is 20.9 Å². The molecule has 4 rings (SSSR count). The Bertz CT molecular complexity index is 903. The second-order valence-electron chi connectivity index (χ2n) is 9.11. The zero-order valence-electron chi connectivity index (χ0n) is 19.2. The van der Waals surface area contributed by atoms with Crippen molar-refractivity contribution in [1.82, 2.24) is 25.3 Å². The predicted molar refractivity (Wildman–Crippen MR) is 122 cm³/mol. The van der Waals surface area contributed by atoms with E-state index in [2.05, 4.69) is 10.6 Å². The minimum atomic E-state index is -0.450. The molecule has 3 saturated heterocycles. The van der Waals surface area contributed by atoms with Crippen molar-refractivity contribution in [2.45, 2.75) is 51.2 Å². The van der Waals surface area contributed by atoms with Crippen molar-refractivity contribution in [3.8, 4) is 0 Å². The van der Waals surface area contributed by atoms with Crippen LogP contribution in [0.1, 0.15) is 48.5 Å². The number of piperazine rings is 1. The summed E-state index contributed by atoms with van der Waals surface area (Å²) in [7, 11) is 0. The third kappa shape index (κ3) is 5.35. The van der Waals surface area contributed by atoms with Crippen LogP contribution in [0.2, 0.25) is 0 Å². The lowest BCUT2D eigenvalue weighted by Crippen LogP contribution is -2.59. The molecule has 0 spiro atoms. The van der Waals surface area contributed by atoms with E-state index in [0.29, 0.717) is 51.3 Å². The van der Waals surface area contributed by atoms with Crippen LogP contribution < -0.4 is 10.6 Å². The summed E-state index contributed by atoms with van der Waals surface area (Å²) in [6, 6.07) is 6.78. The number of benzene rings is 1. The Morgan fingerprint density at radius 1 is 1.06 bits per heavy atom. The van der Waals surface area contributed by atoms with Gasteiger partial charge in [0.2, 0.25) is 17.7 Å². The van der Waals surface area contributed by atoms with Crippen LogP contribution in [0.25, 0.3) is 0 Å². The summed E-state index contributed by atoms with van der Waals surface area (Å²) < 4.78 is 0. The molecule has 1 aromatic rings. The first-order valence-corrected chi connectivity index (χ1v) is 11.9. The molecule has 2 N–H and O–H groups in total. The molecule has 0 aromatic heterocycles. The van der Waals surface area contributed by atoms with Crippen LogP contribution >= 0.6 is 0 Å². The first-order chi connectivity index (χ1) is 15.9. The summed E-state index contributed by atoms with van der Waals surface area (Å²) in [6.07, 6.45) is 3.24. The second kappa shape index (κ2) is 10.3. The highest BCUT2D eigenvalue weighted by atomic mass is 16.2. The number of hydrogen-bond donors (Lipinski definition) is 2. The van der Waals surface area contributed by atoms with Crippen molar-refractivity contribution in [2.24, 2.45) is 0 Å². The minimum Gasteiger partial charge on any atom is -0.352 e. The molecule has 178 valence electrons. The van der Waals surface area contributed by atoms with Gasteiger partial charge in [0.1, 0.15) is 6.04 Å². The number of carbonyl (C=O) groups excluding carboxylic acids is 4. The summed E-state index contributed by atoms with van der Waals surface area (Å²) >= 11 is 0. The van der Waals surface area contributed by atoms with Crippen LogP contribution in [0, 0.1) is 0 Å². The Hall–Kier alpha value is -2.94. The van der Waals surface area contributed by atoms with Gasteiger partial charge in [0.05, 0.1) is 6.54 Å². The van der Waals surface area contributed by atoms with E-state index in [1.807, 2.05) is 21.9 Å². The maximum absolute atomic E-state index is 13.4. The zero-order chi connectivity index (χ0) is 23.4. The van der Waals surface area contributed by atoms with Crippen LogP contribution in [0.3, 0.4) is 0 Å². The molecule has 4 amide bonds. The molecule has 3 heterocycles. The molecule has 0 aliphatic carbocycles. The first-order valence-electron chi connectivity index (χ1n) is 11.9. The van der Waals surface area contributed by atoms with E-state index in [0.717, 1.165) is 31.4 Å². The smallest absolute Gasteiger partial charge is 0.254 e. The standard InChI is InChI=1S/C24H33N5O4/c1-17(30)26-14-18-6-8-19(9-7-18)23(32)29-12-3-5-21(29)24(33)27-11-2-4-20(16-27)28-13-10-25-15-22(28)31/h6-9,20-21,25H,2-5,10-16H2,1H3,(H,26,30). The summed E-state index contributed by atoms with van der Waals surface area (Å²) in [5, 5.41) is 5.84. The molecule has 2 unspecified atom stereocenters. The largest absolute Gasteiger partial charge is 0.352 e. The number of carbonyl (C=O) groups is 4. The van der Waals surface area contributed by atoms with Crippen molar-refractivity contribution in [1.29, 1.82) is 0 Å². The Morgan fingerprint density at radius 3 is 2.55 bits per heavy atom. The minimum absolute atomic E-state index is 0.00425. The molecule has 3 aliphatic rings. The van der Waals surface area contributed by atoms with Gasteiger partial charge < -0.3 is 25.3 Å². The fraction of sp³-hybridized carbons (Fsp3) is 0.583. The molecule has 9 nitrogen and oxygen atoms in total. The van der Waals surface area contributed by atoms with E-state index in [4.69, 9.17) is 0 Å². The number of rotatable bonds is 5. The van der Waals surface area contributed by atoms with E-state index >= 15 is 0 Å². The molecule has 3 fully saturated rings. The van der Waals surface area contributed by atoms with E-state index in [9.17, 15) is 19.2 Å². The van der Waals surface area contributed by atoms with Crippen molar-refractivity contribution in [3.05, 3.63) is 35.4 Å². The third-order valence-electron chi connectivity index (χ3n) is 6.82. The van der Waals surface area contributed by atoms with Gasteiger partial charge >= 0.3 is 0 Å². The zero-order valence-corrected chi connectivity index (χ0v) is 19.2. The third-order valence-corrected chi connectivity index (χ3v) is 6.82. The Balaban J connectivity index is 1.39. The monoisotopic (exact) mass is 455 g/mol. The van der Waals surface area contributed by atoms with Gasteiger partial charge in [-0.25, -0.2) is 0 Å². The van der Waals surface area contributed by atoms with Gasteiger partial charge in [-0.05, 0) is 43.4 Å². The fourth-order valence-electron chi connectivity index (χ4n) is 5.05. The van der Waals surface area contributed by atoms with Crippen LogP contribution in [0.4, 0.5) is 0 Å². The summed E-state index contributed by atoms with van der Waals surface area (Å²) in [5.74, 6) is -0.145. The van der Waals surface area contributed by atoms with Gasteiger partial charge in [-0.1, -0.05) is 12.1 Å². The van der Waals surface area contributed by atoms with Gasteiger partial charge in [-0.15, -0.1) is 0 Å². The van der Waals surface area contributed by atoms with Gasteiger partial charge in [0.25, 0.3) is 5.91 Å². The fourth-order valence-corrected chi connectivity index (χ4v) is 5.05. The van der Waals surface area contributed by atoms with E-state index in [1.54, 1.807) is 17.0 Å². The number of hydrogen-bond acceptors (Lipinski definition) is 5. The van der Waals surface area contributed by atoms with Crippen LogP contribution in [0.15, 0.2) is 24.3 Å². The average Bonchev–Trinajstić information content (AvgIpc) is 3.32. The molecule has 9 heteroatoms. The lowest BCUT2D eigenvalue weighted by atomic mass is 10.0. The number of amides is 4. The Kier molecular flexibility index (Phi) is 7.27. The van der Waals surface area contributed by atoms with E-state index in [1.165, 1.54) is 6.92 Å². The molecule has 2 atom stereocenters. The topological polar surface area (TPSA) is 102 Å². The lowest BCUT2D eigenvalue weighted by molar-refractivity contribution is -0.142. The Labute approximate surface area is 194 Å². The molecule has 0 radical (unpaired) electrons. The highest BCUT2D eigenvalue weighted by Crippen LogP contribution is 2.25. The number of piperidine rings is 1. The highest BCUT2D eigenvalue weighted by Gasteiger charge is 2.39. The summed E-state index contributed by atoms with van der Waals surface area (Å²) in [5.41, 5.74) is 1.46. The molecule has 0 saturated carbocycles. The lowest BCUT2D eigenvalue weighted by Gasteiger charge is -2.42. The molecular weight excluding hydrogens is 422 g/mol. The SMILES string of the molecule is CC(=O)NCc1ccc(C(=O)N2CCCC2C(=O)N2CCCC(N3CCNCC3=O)C2)cc1. The van der Waals surface area contributed by atoms with Crippen LogP contribution in [0.5, 0.6) is 0 Å².